The van der Waals surface area contributed by atoms with E-state index in [0.717, 1.165) is 19.6 Å². The highest BCUT2D eigenvalue weighted by molar-refractivity contribution is 4.91. The smallest absolute Gasteiger partial charge is 0.0818 e. The average Bonchev–Trinajstić information content (AvgIpc) is 2.17. The molecule has 4 nitrogen and oxygen atoms in total. The maximum atomic E-state index is 10.2. The Morgan fingerprint density at radius 1 is 1.60 bits per heavy atom. The number of rotatable bonds is 5. The van der Waals surface area contributed by atoms with Crippen LogP contribution in [0.2, 0.25) is 0 Å². The highest BCUT2D eigenvalue weighted by atomic mass is 16.5. The minimum atomic E-state index is -0.625. The van der Waals surface area contributed by atoms with E-state index >= 15 is 0 Å². The van der Waals surface area contributed by atoms with Gasteiger partial charge in [-0.1, -0.05) is 0 Å². The van der Waals surface area contributed by atoms with E-state index in [1.54, 1.807) is 7.11 Å². The lowest BCUT2D eigenvalue weighted by molar-refractivity contribution is -0.114. The van der Waals surface area contributed by atoms with Crippen molar-refractivity contribution in [3.63, 3.8) is 0 Å². The molecule has 0 aliphatic carbocycles. The van der Waals surface area contributed by atoms with Crippen molar-refractivity contribution < 1.29 is 14.6 Å². The van der Waals surface area contributed by atoms with Gasteiger partial charge in [-0.25, -0.2) is 0 Å². The van der Waals surface area contributed by atoms with E-state index in [-0.39, 0.29) is 6.04 Å². The van der Waals surface area contributed by atoms with Crippen LogP contribution in [0.25, 0.3) is 0 Å². The molecular formula is C11H23NO3. The van der Waals surface area contributed by atoms with Crippen molar-refractivity contribution in [2.45, 2.75) is 31.4 Å². The average molecular weight is 217 g/mol. The topological polar surface area (TPSA) is 41.9 Å². The number of hydrogen-bond acceptors (Lipinski definition) is 4. The van der Waals surface area contributed by atoms with Gasteiger partial charge in [0.1, 0.15) is 0 Å². The predicted octanol–water partition coefficient (Wildman–Crippen LogP) is 0.495. The number of hydrogen-bond donors (Lipinski definition) is 1. The number of likely N-dealkylation sites (N-methyl/N-ethyl adjacent to an activating group) is 1. The van der Waals surface area contributed by atoms with Crippen LogP contribution in [0.1, 0.15) is 19.8 Å². The summed E-state index contributed by atoms with van der Waals surface area (Å²) in [6, 6.07) is 0.100. The standard InChI is InChI=1S/C11H23NO3/c1-11(13)5-8-15-9-10(11)12(2)6-4-7-14-3/h10,13H,4-9H2,1-3H3. The van der Waals surface area contributed by atoms with Gasteiger partial charge in [-0.2, -0.15) is 0 Å². The summed E-state index contributed by atoms with van der Waals surface area (Å²) in [6.45, 7) is 4.87. The zero-order valence-corrected chi connectivity index (χ0v) is 10.0. The van der Waals surface area contributed by atoms with Crippen LogP contribution in [0.15, 0.2) is 0 Å². The Bertz CT molecular complexity index is 185. The molecule has 0 saturated carbocycles. The first-order valence-corrected chi connectivity index (χ1v) is 5.57. The number of aliphatic hydroxyl groups is 1. The zero-order valence-electron chi connectivity index (χ0n) is 10.0. The van der Waals surface area contributed by atoms with Gasteiger partial charge in [0.15, 0.2) is 0 Å². The van der Waals surface area contributed by atoms with Crippen molar-refractivity contribution in [2.24, 2.45) is 0 Å². The van der Waals surface area contributed by atoms with Crippen LogP contribution < -0.4 is 0 Å². The molecule has 0 aromatic carbocycles. The normalized spacial score (nSPS) is 32.2. The van der Waals surface area contributed by atoms with Crippen LogP contribution in [-0.4, -0.2) is 62.2 Å². The first-order chi connectivity index (χ1) is 7.08. The van der Waals surface area contributed by atoms with Crippen molar-refractivity contribution in [3.05, 3.63) is 0 Å². The van der Waals surface area contributed by atoms with E-state index in [4.69, 9.17) is 9.47 Å². The molecule has 1 heterocycles. The quantitative estimate of drug-likeness (QED) is 0.681. The number of nitrogens with zero attached hydrogens (tertiary/aromatic N) is 1. The van der Waals surface area contributed by atoms with E-state index in [2.05, 4.69) is 4.90 Å². The molecule has 0 amide bonds. The van der Waals surface area contributed by atoms with Gasteiger partial charge in [0.05, 0.1) is 18.2 Å². The van der Waals surface area contributed by atoms with E-state index in [1.807, 2.05) is 14.0 Å². The lowest BCUT2D eigenvalue weighted by Gasteiger charge is -2.42. The molecule has 0 radical (unpaired) electrons. The van der Waals surface area contributed by atoms with Crippen LogP contribution >= 0.6 is 0 Å². The first-order valence-electron chi connectivity index (χ1n) is 5.57. The maximum Gasteiger partial charge on any atom is 0.0818 e. The third-order valence-corrected chi connectivity index (χ3v) is 3.14. The van der Waals surface area contributed by atoms with Gasteiger partial charge in [0.2, 0.25) is 0 Å². The summed E-state index contributed by atoms with van der Waals surface area (Å²) in [5.74, 6) is 0. The molecule has 4 heteroatoms. The largest absolute Gasteiger partial charge is 0.388 e. The molecule has 2 unspecified atom stereocenters. The van der Waals surface area contributed by atoms with Crippen molar-refractivity contribution in [2.75, 3.05) is 40.5 Å². The Hall–Kier alpha value is -0.160. The third-order valence-electron chi connectivity index (χ3n) is 3.14. The molecule has 1 N–H and O–H groups in total. The molecule has 0 aromatic rings. The molecule has 1 rings (SSSR count). The summed E-state index contributed by atoms with van der Waals surface area (Å²) in [4.78, 5) is 2.16. The van der Waals surface area contributed by atoms with Crippen LogP contribution in [0, 0.1) is 0 Å². The first kappa shape index (κ1) is 12.9. The molecule has 1 fully saturated rings. The van der Waals surface area contributed by atoms with Crippen molar-refractivity contribution in [1.29, 1.82) is 0 Å². The second kappa shape index (κ2) is 5.80. The molecule has 15 heavy (non-hydrogen) atoms. The highest BCUT2D eigenvalue weighted by Crippen LogP contribution is 2.23. The molecule has 1 aliphatic rings. The summed E-state index contributed by atoms with van der Waals surface area (Å²) in [5.41, 5.74) is -0.625. The van der Waals surface area contributed by atoms with Gasteiger partial charge in [0.25, 0.3) is 0 Å². The summed E-state index contributed by atoms with van der Waals surface area (Å²) in [5, 5.41) is 10.2. The fourth-order valence-electron chi connectivity index (χ4n) is 2.04. The van der Waals surface area contributed by atoms with Crippen LogP contribution in [0.4, 0.5) is 0 Å². The Kier molecular flexibility index (Phi) is 4.99. The summed E-state index contributed by atoms with van der Waals surface area (Å²) in [7, 11) is 3.74. The number of ether oxygens (including phenoxy) is 2. The second-order valence-corrected chi connectivity index (χ2v) is 4.52. The van der Waals surface area contributed by atoms with E-state index in [0.29, 0.717) is 19.6 Å². The van der Waals surface area contributed by atoms with Gasteiger partial charge in [-0.3, -0.25) is 4.90 Å². The Balaban J connectivity index is 2.38. The fourth-order valence-corrected chi connectivity index (χ4v) is 2.04. The van der Waals surface area contributed by atoms with Gasteiger partial charge in [0, 0.05) is 33.3 Å². The fraction of sp³-hybridized carbons (Fsp3) is 1.00. The van der Waals surface area contributed by atoms with Gasteiger partial charge in [-0.05, 0) is 20.4 Å². The van der Waals surface area contributed by atoms with Crippen molar-refractivity contribution in [3.8, 4) is 0 Å². The van der Waals surface area contributed by atoms with Crippen LogP contribution in [0.3, 0.4) is 0 Å². The van der Waals surface area contributed by atoms with Crippen LogP contribution in [0.5, 0.6) is 0 Å². The summed E-state index contributed by atoms with van der Waals surface area (Å²) < 4.78 is 10.4. The monoisotopic (exact) mass is 217 g/mol. The van der Waals surface area contributed by atoms with Gasteiger partial charge < -0.3 is 14.6 Å². The Morgan fingerprint density at radius 3 is 2.93 bits per heavy atom. The Morgan fingerprint density at radius 2 is 2.33 bits per heavy atom. The maximum absolute atomic E-state index is 10.2. The molecule has 2 atom stereocenters. The SMILES string of the molecule is COCCCN(C)C1COCCC1(C)O. The Labute approximate surface area is 92.2 Å². The highest BCUT2D eigenvalue weighted by Gasteiger charge is 2.37. The summed E-state index contributed by atoms with van der Waals surface area (Å²) >= 11 is 0. The minimum Gasteiger partial charge on any atom is -0.388 e. The number of methoxy groups -OCH3 is 1. The lowest BCUT2D eigenvalue weighted by atomic mass is 9.90. The molecule has 1 saturated heterocycles. The van der Waals surface area contributed by atoms with Crippen molar-refractivity contribution in [1.82, 2.24) is 4.90 Å². The minimum absolute atomic E-state index is 0.100. The molecule has 0 bridgehead atoms. The van der Waals surface area contributed by atoms with E-state index in [1.165, 1.54) is 0 Å². The molecule has 0 spiro atoms. The van der Waals surface area contributed by atoms with Crippen molar-refractivity contribution >= 4 is 0 Å². The zero-order chi connectivity index (χ0) is 11.3. The molecule has 90 valence electrons. The molecule has 1 aliphatic heterocycles. The third kappa shape index (κ3) is 3.72. The summed E-state index contributed by atoms with van der Waals surface area (Å²) in [6.07, 6.45) is 1.70. The van der Waals surface area contributed by atoms with E-state index < -0.39 is 5.60 Å². The van der Waals surface area contributed by atoms with E-state index in [9.17, 15) is 5.11 Å². The molecular weight excluding hydrogens is 194 g/mol. The molecule has 0 aromatic heterocycles. The predicted molar refractivity (Wildman–Crippen MR) is 59.0 cm³/mol. The van der Waals surface area contributed by atoms with Gasteiger partial charge >= 0.3 is 0 Å². The lowest BCUT2D eigenvalue weighted by Crippen LogP contribution is -2.55. The second-order valence-electron chi connectivity index (χ2n) is 4.52. The van der Waals surface area contributed by atoms with Gasteiger partial charge in [-0.15, -0.1) is 0 Å². The van der Waals surface area contributed by atoms with Crippen LogP contribution in [-0.2, 0) is 9.47 Å².